The van der Waals surface area contributed by atoms with Crippen LogP contribution in [-0.4, -0.2) is 43.4 Å². The normalized spacial score (nSPS) is 19.9. The lowest BCUT2D eigenvalue weighted by Gasteiger charge is -2.27. The zero-order valence-electron chi connectivity index (χ0n) is 14.9. The molecule has 2 atom stereocenters. The number of aryl methyl sites for hydroxylation is 2. The van der Waals surface area contributed by atoms with Crippen molar-refractivity contribution in [2.24, 2.45) is 13.0 Å². The van der Waals surface area contributed by atoms with Crippen molar-refractivity contribution >= 4 is 12.3 Å². The molecule has 1 saturated carbocycles. The van der Waals surface area contributed by atoms with Gasteiger partial charge in [0.25, 0.3) is 0 Å². The maximum Gasteiger partial charge on any atom is 0.306 e. The Kier molecular flexibility index (Phi) is 5.29. The zero-order chi connectivity index (χ0) is 18.7. The fourth-order valence-electron chi connectivity index (χ4n) is 3.34. The maximum absolute atomic E-state index is 11.2. The van der Waals surface area contributed by atoms with Crippen LogP contribution in [0.3, 0.4) is 0 Å². The molecule has 1 aliphatic carbocycles. The number of carbonyl (C=O) groups is 2. The Morgan fingerprint density at radius 2 is 2.23 bits per heavy atom. The van der Waals surface area contributed by atoms with E-state index in [4.69, 9.17) is 4.74 Å². The summed E-state index contributed by atoms with van der Waals surface area (Å²) in [5, 5.41) is 17.3. The second-order valence-electron chi connectivity index (χ2n) is 6.60. The summed E-state index contributed by atoms with van der Waals surface area (Å²) in [6.45, 7) is 1.84. The smallest absolute Gasteiger partial charge is 0.306 e. The van der Waals surface area contributed by atoms with Crippen LogP contribution in [0.15, 0.2) is 12.1 Å². The maximum atomic E-state index is 11.2. The predicted molar refractivity (Wildman–Crippen MR) is 92.7 cm³/mol. The number of carbonyl (C=O) groups excluding carboxylic acids is 1. The van der Waals surface area contributed by atoms with Crippen LogP contribution in [0.1, 0.15) is 37.1 Å². The van der Waals surface area contributed by atoms with Crippen molar-refractivity contribution < 1.29 is 19.4 Å². The Balaban J connectivity index is 1.78. The van der Waals surface area contributed by atoms with Crippen molar-refractivity contribution in [1.29, 1.82) is 0 Å². The molecule has 2 aromatic rings. The first-order chi connectivity index (χ1) is 12.5. The van der Waals surface area contributed by atoms with Crippen molar-refractivity contribution in [3.8, 4) is 17.1 Å². The van der Waals surface area contributed by atoms with Crippen molar-refractivity contribution in [3.63, 3.8) is 0 Å². The van der Waals surface area contributed by atoms with Crippen LogP contribution in [0.2, 0.25) is 0 Å². The first kappa shape index (κ1) is 18.0. The van der Waals surface area contributed by atoms with Gasteiger partial charge in [0.1, 0.15) is 17.7 Å². The number of carboxylic acid groups (broad SMARTS) is 1. The first-order valence-corrected chi connectivity index (χ1v) is 8.69. The molecule has 0 aliphatic heterocycles. The SMILES string of the molecule is Cc1nc(-c2nnn(C)c2CC=O)ccc1OC1CCC[C@H](C(=O)O)C1. The Bertz CT molecular complexity index is 818. The number of ether oxygens (including phenoxy) is 1. The van der Waals surface area contributed by atoms with Crippen LogP contribution >= 0.6 is 0 Å². The summed E-state index contributed by atoms with van der Waals surface area (Å²) in [7, 11) is 1.74. The van der Waals surface area contributed by atoms with Gasteiger partial charge in [-0.1, -0.05) is 5.21 Å². The van der Waals surface area contributed by atoms with Crippen molar-refractivity contribution in [1.82, 2.24) is 20.0 Å². The molecular formula is C18H22N4O4. The van der Waals surface area contributed by atoms with Crippen molar-refractivity contribution in [2.75, 3.05) is 0 Å². The number of nitrogens with zero attached hydrogens (tertiary/aromatic N) is 4. The summed E-state index contributed by atoms with van der Waals surface area (Å²) >= 11 is 0. The molecule has 2 aromatic heterocycles. The number of aromatic nitrogens is 4. The van der Waals surface area contributed by atoms with Gasteiger partial charge in [-0.2, -0.15) is 0 Å². The van der Waals surface area contributed by atoms with Crippen LogP contribution in [0.5, 0.6) is 5.75 Å². The van der Waals surface area contributed by atoms with Crippen molar-refractivity contribution in [2.45, 2.75) is 45.1 Å². The standard InChI is InChI=1S/C18H22N4O4/c1-11-16(26-13-5-3-4-12(10-13)18(24)25)7-6-14(19-11)17-15(8-9-23)22(2)21-20-17/h6-7,9,12-13H,3-5,8,10H2,1-2H3,(H,24,25)/t12-,13?/m0/s1. The molecule has 8 heteroatoms. The van der Waals surface area contributed by atoms with Gasteiger partial charge in [-0.15, -0.1) is 5.10 Å². The quantitative estimate of drug-likeness (QED) is 0.786. The summed E-state index contributed by atoms with van der Waals surface area (Å²) in [4.78, 5) is 26.6. The molecule has 138 valence electrons. The fraction of sp³-hybridized carbons (Fsp3) is 0.500. The minimum Gasteiger partial charge on any atom is -0.489 e. The summed E-state index contributed by atoms with van der Waals surface area (Å²) in [6, 6.07) is 3.61. The number of hydrogen-bond donors (Lipinski definition) is 1. The molecular weight excluding hydrogens is 336 g/mol. The molecule has 2 heterocycles. The highest BCUT2D eigenvalue weighted by molar-refractivity contribution is 5.70. The molecule has 0 radical (unpaired) electrons. The topological polar surface area (TPSA) is 107 Å². The largest absolute Gasteiger partial charge is 0.489 e. The van der Waals surface area contributed by atoms with Gasteiger partial charge >= 0.3 is 5.97 Å². The number of rotatable bonds is 6. The zero-order valence-corrected chi connectivity index (χ0v) is 14.9. The number of aliphatic carboxylic acids is 1. The third kappa shape index (κ3) is 3.74. The minimum atomic E-state index is -0.756. The van der Waals surface area contributed by atoms with Crippen LogP contribution in [0.25, 0.3) is 11.4 Å². The molecule has 1 unspecified atom stereocenters. The summed E-state index contributed by atoms with van der Waals surface area (Å²) in [5.41, 5.74) is 2.62. The molecule has 26 heavy (non-hydrogen) atoms. The molecule has 0 bridgehead atoms. The number of hydrogen-bond acceptors (Lipinski definition) is 6. The highest BCUT2D eigenvalue weighted by Gasteiger charge is 2.28. The summed E-state index contributed by atoms with van der Waals surface area (Å²) < 4.78 is 7.59. The van der Waals surface area contributed by atoms with E-state index < -0.39 is 5.97 Å². The lowest BCUT2D eigenvalue weighted by atomic mass is 9.87. The van der Waals surface area contributed by atoms with Crippen LogP contribution < -0.4 is 4.74 Å². The summed E-state index contributed by atoms with van der Waals surface area (Å²) in [5.74, 6) is -0.453. The molecule has 8 nitrogen and oxygen atoms in total. The van der Waals surface area contributed by atoms with Crippen LogP contribution in [0, 0.1) is 12.8 Å². The van der Waals surface area contributed by atoms with E-state index in [1.165, 1.54) is 0 Å². The average molecular weight is 358 g/mol. The Hall–Kier alpha value is -2.77. The first-order valence-electron chi connectivity index (χ1n) is 8.69. The molecule has 0 spiro atoms. The second-order valence-corrected chi connectivity index (χ2v) is 6.60. The highest BCUT2D eigenvalue weighted by Crippen LogP contribution is 2.30. The van der Waals surface area contributed by atoms with Gasteiger partial charge in [0, 0.05) is 13.5 Å². The van der Waals surface area contributed by atoms with E-state index in [0.29, 0.717) is 41.4 Å². The third-order valence-electron chi connectivity index (χ3n) is 4.77. The van der Waals surface area contributed by atoms with E-state index in [2.05, 4.69) is 15.3 Å². The minimum absolute atomic E-state index is 0.113. The lowest BCUT2D eigenvalue weighted by molar-refractivity contribution is -0.143. The van der Waals surface area contributed by atoms with Gasteiger partial charge in [0.2, 0.25) is 0 Å². The molecule has 0 amide bonds. The highest BCUT2D eigenvalue weighted by atomic mass is 16.5. The Morgan fingerprint density at radius 1 is 1.42 bits per heavy atom. The Labute approximate surface area is 151 Å². The average Bonchev–Trinajstić information content (AvgIpc) is 2.98. The van der Waals surface area contributed by atoms with Gasteiger partial charge in [0.15, 0.2) is 0 Å². The van der Waals surface area contributed by atoms with Crippen molar-refractivity contribution in [3.05, 3.63) is 23.5 Å². The van der Waals surface area contributed by atoms with E-state index in [1.807, 2.05) is 13.0 Å². The summed E-state index contributed by atoms with van der Waals surface area (Å²) in [6.07, 6.45) is 3.84. The molecule has 1 N–H and O–H groups in total. The molecule has 1 fully saturated rings. The van der Waals surface area contributed by atoms with E-state index in [0.717, 1.165) is 19.1 Å². The fourth-order valence-corrected chi connectivity index (χ4v) is 3.34. The van der Waals surface area contributed by atoms with Crippen LogP contribution in [-0.2, 0) is 23.1 Å². The van der Waals surface area contributed by atoms with Gasteiger partial charge in [-0.25, -0.2) is 4.98 Å². The van der Waals surface area contributed by atoms with Crippen LogP contribution in [0.4, 0.5) is 0 Å². The van der Waals surface area contributed by atoms with Gasteiger partial charge in [-0.3, -0.25) is 9.48 Å². The monoisotopic (exact) mass is 358 g/mol. The molecule has 1 aliphatic rings. The number of carboxylic acids is 1. The number of pyridine rings is 1. The number of aldehydes is 1. The van der Waals surface area contributed by atoms with Gasteiger partial charge in [0.05, 0.1) is 29.1 Å². The van der Waals surface area contributed by atoms with E-state index in [9.17, 15) is 14.7 Å². The molecule has 3 rings (SSSR count). The lowest BCUT2D eigenvalue weighted by Crippen LogP contribution is -2.29. The Morgan fingerprint density at radius 3 is 2.92 bits per heavy atom. The van der Waals surface area contributed by atoms with Gasteiger partial charge in [-0.05, 0) is 44.7 Å². The predicted octanol–water partition coefficient (Wildman–Crippen LogP) is 1.95. The second kappa shape index (κ2) is 7.63. The van der Waals surface area contributed by atoms with Gasteiger partial charge < -0.3 is 14.6 Å². The molecule has 0 aromatic carbocycles. The van der Waals surface area contributed by atoms with E-state index in [1.54, 1.807) is 17.8 Å². The van der Waals surface area contributed by atoms with E-state index >= 15 is 0 Å². The molecule has 0 saturated heterocycles. The van der Waals surface area contributed by atoms with E-state index in [-0.39, 0.29) is 18.4 Å². The third-order valence-corrected chi connectivity index (χ3v) is 4.77.